The van der Waals surface area contributed by atoms with Gasteiger partial charge in [-0.1, -0.05) is 0 Å². The Morgan fingerprint density at radius 2 is 1.77 bits per heavy atom. The number of aryl methyl sites for hydroxylation is 2. The first-order chi connectivity index (χ1) is 14.7. The molecule has 0 radical (unpaired) electrons. The third-order valence-corrected chi connectivity index (χ3v) is 7.69. The standard InChI is InChI=1S/C22H33N5O2S/c1-16(28)14-25-6-8-27(9-7-25)21-20-17-4-2-3-5-18(17)30-22(20)24-19(23-21)15-26-10-12-29-13-11-26/h16,28H,2-15H2,1H3. The normalized spacial score (nSPS) is 22.4. The van der Waals surface area contributed by atoms with E-state index >= 15 is 0 Å². The van der Waals surface area contributed by atoms with Gasteiger partial charge in [0.15, 0.2) is 0 Å². The van der Waals surface area contributed by atoms with Gasteiger partial charge in [0.05, 0.1) is 31.2 Å². The number of nitrogens with zero attached hydrogens (tertiary/aromatic N) is 5. The van der Waals surface area contributed by atoms with Crippen LogP contribution in [-0.4, -0.2) is 90.0 Å². The van der Waals surface area contributed by atoms with Crippen molar-refractivity contribution in [2.75, 3.05) is 63.9 Å². The molecule has 0 saturated carbocycles. The van der Waals surface area contributed by atoms with E-state index in [1.165, 1.54) is 39.9 Å². The molecule has 8 heteroatoms. The van der Waals surface area contributed by atoms with Gasteiger partial charge >= 0.3 is 0 Å². The van der Waals surface area contributed by atoms with E-state index in [2.05, 4.69) is 14.7 Å². The van der Waals surface area contributed by atoms with Crippen molar-refractivity contribution in [3.05, 3.63) is 16.3 Å². The van der Waals surface area contributed by atoms with Crippen molar-refractivity contribution in [1.82, 2.24) is 19.8 Å². The van der Waals surface area contributed by atoms with Crippen LogP contribution in [-0.2, 0) is 24.1 Å². The number of anilines is 1. The van der Waals surface area contributed by atoms with Crippen LogP contribution >= 0.6 is 11.3 Å². The Morgan fingerprint density at radius 1 is 1.00 bits per heavy atom. The van der Waals surface area contributed by atoms with Crippen molar-refractivity contribution in [3.63, 3.8) is 0 Å². The molecule has 2 aromatic rings. The van der Waals surface area contributed by atoms with Crippen molar-refractivity contribution in [2.45, 2.75) is 45.3 Å². The molecule has 7 nitrogen and oxygen atoms in total. The number of aliphatic hydroxyl groups excluding tert-OH is 1. The fourth-order valence-corrected chi connectivity index (χ4v) is 6.23. The monoisotopic (exact) mass is 431 g/mol. The first-order valence-electron chi connectivity index (χ1n) is 11.4. The highest BCUT2D eigenvalue weighted by Crippen LogP contribution is 2.40. The van der Waals surface area contributed by atoms with Gasteiger partial charge in [0.25, 0.3) is 0 Å². The molecule has 2 aromatic heterocycles. The molecule has 164 valence electrons. The zero-order valence-electron chi connectivity index (χ0n) is 18.0. The van der Waals surface area contributed by atoms with E-state index in [0.717, 1.165) is 83.6 Å². The molecule has 2 saturated heterocycles. The zero-order valence-corrected chi connectivity index (χ0v) is 18.8. The number of rotatable bonds is 5. The van der Waals surface area contributed by atoms with Gasteiger partial charge in [-0.2, -0.15) is 0 Å². The van der Waals surface area contributed by atoms with Crippen LogP contribution in [0.3, 0.4) is 0 Å². The zero-order chi connectivity index (χ0) is 20.5. The lowest BCUT2D eigenvalue weighted by Crippen LogP contribution is -2.48. The molecular formula is C22H33N5O2S. The summed E-state index contributed by atoms with van der Waals surface area (Å²) in [6.07, 6.45) is 4.65. The first kappa shape index (κ1) is 20.6. The quantitative estimate of drug-likeness (QED) is 0.776. The number of aromatic nitrogens is 2. The molecular weight excluding hydrogens is 398 g/mol. The van der Waals surface area contributed by atoms with E-state index < -0.39 is 0 Å². The fraction of sp³-hybridized carbons (Fsp3) is 0.727. The maximum atomic E-state index is 9.74. The molecule has 3 aliphatic rings. The number of hydrogen-bond acceptors (Lipinski definition) is 8. The van der Waals surface area contributed by atoms with Crippen LogP contribution in [0.15, 0.2) is 0 Å². The van der Waals surface area contributed by atoms with Gasteiger partial charge in [-0.3, -0.25) is 9.80 Å². The molecule has 0 aromatic carbocycles. The predicted molar refractivity (Wildman–Crippen MR) is 120 cm³/mol. The molecule has 4 heterocycles. The highest BCUT2D eigenvalue weighted by molar-refractivity contribution is 7.19. The van der Waals surface area contributed by atoms with E-state index in [-0.39, 0.29) is 6.10 Å². The number of fused-ring (bicyclic) bond motifs is 3. The Balaban J connectivity index is 1.46. The first-order valence-corrected chi connectivity index (χ1v) is 12.3. The van der Waals surface area contributed by atoms with Gasteiger partial charge in [-0.15, -0.1) is 11.3 Å². The molecule has 0 bridgehead atoms. The third kappa shape index (κ3) is 4.34. The van der Waals surface area contributed by atoms with E-state index in [0.29, 0.717) is 0 Å². The Hall–Kier alpha value is -1.32. The van der Waals surface area contributed by atoms with Gasteiger partial charge in [0, 0.05) is 50.7 Å². The van der Waals surface area contributed by atoms with Crippen molar-refractivity contribution in [1.29, 1.82) is 0 Å². The Morgan fingerprint density at radius 3 is 2.53 bits per heavy atom. The molecule has 30 heavy (non-hydrogen) atoms. The number of piperazine rings is 1. The predicted octanol–water partition coefficient (Wildman–Crippen LogP) is 1.91. The summed E-state index contributed by atoms with van der Waals surface area (Å²) >= 11 is 1.90. The second-order valence-corrected chi connectivity index (χ2v) is 9.96. The summed E-state index contributed by atoms with van der Waals surface area (Å²) in [6.45, 7) is 10.8. The van der Waals surface area contributed by atoms with Crippen molar-refractivity contribution in [2.24, 2.45) is 0 Å². The van der Waals surface area contributed by atoms with Crippen LogP contribution in [0.5, 0.6) is 0 Å². The molecule has 2 aliphatic heterocycles. The molecule has 0 amide bonds. The summed E-state index contributed by atoms with van der Waals surface area (Å²) < 4.78 is 5.51. The van der Waals surface area contributed by atoms with Gasteiger partial charge in [0.1, 0.15) is 16.5 Å². The second-order valence-electron chi connectivity index (χ2n) is 8.88. The number of morpholine rings is 1. The van der Waals surface area contributed by atoms with Gasteiger partial charge < -0.3 is 14.7 Å². The number of thiophene rings is 1. The lowest BCUT2D eigenvalue weighted by molar-refractivity contribution is 0.0331. The van der Waals surface area contributed by atoms with E-state index in [4.69, 9.17) is 14.7 Å². The number of aliphatic hydroxyl groups is 1. The van der Waals surface area contributed by atoms with Gasteiger partial charge in [-0.05, 0) is 38.2 Å². The van der Waals surface area contributed by atoms with Crippen molar-refractivity contribution in [3.8, 4) is 0 Å². The van der Waals surface area contributed by atoms with Crippen LogP contribution in [0.2, 0.25) is 0 Å². The molecule has 5 rings (SSSR count). The lowest BCUT2D eigenvalue weighted by atomic mass is 9.97. The summed E-state index contributed by atoms with van der Waals surface area (Å²) in [5, 5.41) is 11.1. The van der Waals surface area contributed by atoms with Gasteiger partial charge in [-0.25, -0.2) is 9.97 Å². The smallest absolute Gasteiger partial charge is 0.146 e. The number of β-amino-alcohol motifs (C(OH)–C–C–N with tert-alkyl or cyclic N) is 1. The average Bonchev–Trinajstić information content (AvgIpc) is 3.12. The summed E-state index contributed by atoms with van der Waals surface area (Å²) in [7, 11) is 0. The molecule has 1 unspecified atom stereocenters. The number of ether oxygens (including phenoxy) is 1. The van der Waals surface area contributed by atoms with Crippen LogP contribution < -0.4 is 4.90 Å². The average molecular weight is 432 g/mol. The third-order valence-electron chi connectivity index (χ3n) is 6.50. The van der Waals surface area contributed by atoms with E-state index in [9.17, 15) is 5.11 Å². The second kappa shape index (κ2) is 9.04. The molecule has 1 aliphatic carbocycles. The fourth-order valence-electron chi connectivity index (χ4n) is 4.96. The summed E-state index contributed by atoms with van der Waals surface area (Å²) in [5.74, 6) is 2.10. The minimum absolute atomic E-state index is 0.272. The van der Waals surface area contributed by atoms with E-state index in [1.807, 2.05) is 18.3 Å². The highest BCUT2D eigenvalue weighted by atomic mass is 32.1. The lowest BCUT2D eigenvalue weighted by Gasteiger charge is -2.36. The molecule has 2 fully saturated rings. The highest BCUT2D eigenvalue weighted by Gasteiger charge is 2.27. The Kier molecular flexibility index (Phi) is 6.20. The summed E-state index contributed by atoms with van der Waals surface area (Å²) in [4.78, 5) is 20.1. The van der Waals surface area contributed by atoms with Gasteiger partial charge in [0.2, 0.25) is 0 Å². The topological polar surface area (TPSA) is 65.0 Å². The van der Waals surface area contributed by atoms with Crippen LogP contribution in [0.4, 0.5) is 5.82 Å². The van der Waals surface area contributed by atoms with E-state index in [1.54, 1.807) is 0 Å². The van der Waals surface area contributed by atoms with Crippen molar-refractivity contribution >= 4 is 27.4 Å². The molecule has 0 spiro atoms. The summed E-state index contributed by atoms with van der Waals surface area (Å²) in [5.41, 5.74) is 1.51. The molecule has 1 N–H and O–H groups in total. The van der Waals surface area contributed by atoms with Crippen LogP contribution in [0, 0.1) is 0 Å². The maximum absolute atomic E-state index is 9.74. The van der Waals surface area contributed by atoms with Crippen LogP contribution in [0.25, 0.3) is 10.2 Å². The molecule has 1 atom stereocenters. The summed E-state index contributed by atoms with van der Waals surface area (Å²) in [6, 6.07) is 0. The minimum Gasteiger partial charge on any atom is -0.392 e. The number of hydrogen-bond donors (Lipinski definition) is 1. The largest absolute Gasteiger partial charge is 0.392 e. The van der Waals surface area contributed by atoms with Crippen LogP contribution in [0.1, 0.15) is 36.0 Å². The Bertz CT molecular complexity index is 872. The SMILES string of the molecule is CC(O)CN1CCN(c2nc(CN3CCOCC3)nc3sc4c(c23)CCCC4)CC1. The Labute approximate surface area is 182 Å². The minimum atomic E-state index is -0.272. The van der Waals surface area contributed by atoms with Crippen molar-refractivity contribution < 1.29 is 9.84 Å². The maximum Gasteiger partial charge on any atom is 0.146 e.